The van der Waals surface area contributed by atoms with Gasteiger partial charge in [-0.15, -0.1) is 0 Å². The summed E-state index contributed by atoms with van der Waals surface area (Å²) in [7, 11) is 0. The minimum absolute atomic E-state index is 0.0160. The van der Waals surface area contributed by atoms with Crippen LogP contribution in [0.2, 0.25) is 0 Å². The second-order valence-corrected chi connectivity index (χ2v) is 9.96. The third-order valence-electron chi connectivity index (χ3n) is 5.23. The van der Waals surface area contributed by atoms with Crippen molar-refractivity contribution in [1.82, 2.24) is 0 Å². The Balaban J connectivity index is 2.82. The Labute approximate surface area is 150 Å². The average Bonchev–Trinajstić information content (AvgIpc) is 2.41. The third kappa shape index (κ3) is 6.04. The first-order valence-electron chi connectivity index (χ1n) is 8.89. The number of aliphatic hydroxyl groups excluding tert-OH is 1. The standard InChI is InChI=1S/C19H35BrO3/c1-18(2,3)14-11-13(17(22)23-10-8-7-9-20)12-15(16(14)21)19(4,5)6/h13-16,21H,7-12H2,1-6H3. The molecule has 1 saturated carbocycles. The van der Waals surface area contributed by atoms with Gasteiger partial charge in [-0.3, -0.25) is 4.79 Å². The van der Waals surface area contributed by atoms with E-state index in [-0.39, 0.29) is 40.7 Å². The van der Waals surface area contributed by atoms with Crippen molar-refractivity contribution in [2.24, 2.45) is 28.6 Å². The fraction of sp³-hybridized carbons (Fsp3) is 0.947. The highest BCUT2D eigenvalue weighted by atomic mass is 79.9. The van der Waals surface area contributed by atoms with E-state index >= 15 is 0 Å². The molecule has 0 amide bonds. The lowest BCUT2D eigenvalue weighted by molar-refractivity contribution is -0.157. The summed E-state index contributed by atoms with van der Waals surface area (Å²) in [6, 6.07) is 0. The predicted octanol–water partition coefficient (Wildman–Crippen LogP) is 4.80. The van der Waals surface area contributed by atoms with Crippen molar-refractivity contribution in [2.45, 2.75) is 73.3 Å². The highest BCUT2D eigenvalue weighted by Crippen LogP contribution is 2.48. The van der Waals surface area contributed by atoms with Crippen LogP contribution in [-0.2, 0) is 9.53 Å². The van der Waals surface area contributed by atoms with Crippen LogP contribution in [0.25, 0.3) is 0 Å². The van der Waals surface area contributed by atoms with Crippen LogP contribution in [0.1, 0.15) is 67.2 Å². The summed E-state index contributed by atoms with van der Waals surface area (Å²) in [4.78, 5) is 12.5. The van der Waals surface area contributed by atoms with Crippen molar-refractivity contribution < 1.29 is 14.6 Å². The van der Waals surface area contributed by atoms with Gasteiger partial charge in [0.1, 0.15) is 0 Å². The topological polar surface area (TPSA) is 46.5 Å². The Morgan fingerprint density at radius 1 is 1.04 bits per heavy atom. The maximum atomic E-state index is 12.5. The van der Waals surface area contributed by atoms with E-state index < -0.39 is 0 Å². The van der Waals surface area contributed by atoms with E-state index in [1.807, 2.05) is 0 Å². The van der Waals surface area contributed by atoms with E-state index in [0.717, 1.165) is 31.0 Å². The molecule has 0 aromatic heterocycles. The van der Waals surface area contributed by atoms with Gasteiger partial charge in [0.2, 0.25) is 0 Å². The van der Waals surface area contributed by atoms with Crippen LogP contribution in [0.5, 0.6) is 0 Å². The molecule has 1 aliphatic rings. The van der Waals surface area contributed by atoms with Crippen molar-refractivity contribution in [1.29, 1.82) is 0 Å². The second-order valence-electron chi connectivity index (χ2n) is 9.17. The summed E-state index contributed by atoms with van der Waals surface area (Å²) in [5.41, 5.74) is -0.0321. The van der Waals surface area contributed by atoms with Gasteiger partial charge < -0.3 is 9.84 Å². The zero-order chi connectivity index (χ0) is 17.8. The smallest absolute Gasteiger partial charge is 0.308 e. The van der Waals surface area contributed by atoms with Gasteiger partial charge in [0.05, 0.1) is 18.6 Å². The first-order valence-corrected chi connectivity index (χ1v) is 10.0. The van der Waals surface area contributed by atoms with Gasteiger partial charge in [-0.1, -0.05) is 57.5 Å². The molecule has 1 fully saturated rings. The van der Waals surface area contributed by atoms with E-state index in [1.54, 1.807) is 0 Å². The molecule has 0 heterocycles. The SMILES string of the molecule is CC(C)(C)C1CC(C(=O)OCCCCBr)CC(C(C)(C)C)C1O. The van der Waals surface area contributed by atoms with Crippen molar-refractivity contribution in [3.8, 4) is 0 Å². The lowest BCUT2D eigenvalue weighted by atomic mass is 9.58. The molecule has 1 rings (SSSR count). The predicted molar refractivity (Wildman–Crippen MR) is 98.6 cm³/mol. The van der Waals surface area contributed by atoms with Gasteiger partial charge in [-0.05, 0) is 48.3 Å². The van der Waals surface area contributed by atoms with Crippen LogP contribution in [0.3, 0.4) is 0 Å². The Bertz CT molecular complexity index is 357. The summed E-state index contributed by atoms with van der Waals surface area (Å²) < 4.78 is 5.50. The summed E-state index contributed by atoms with van der Waals surface area (Å²) in [5.74, 6) is 0.0897. The van der Waals surface area contributed by atoms with Crippen molar-refractivity contribution in [3.63, 3.8) is 0 Å². The third-order valence-corrected chi connectivity index (χ3v) is 5.79. The normalized spacial score (nSPS) is 29.4. The van der Waals surface area contributed by atoms with Crippen molar-refractivity contribution >= 4 is 21.9 Å². The number of alkyl halides is 1. The van der Waals surface area contributed by atoms with Gasteiger partial charge in [0.25, 0.3) is 0 Å². The number of unbranched alkanes of at least 4 members (excludes halogenated alkanes) is 1. The molecule has 23 heavy (non-hydrogen) atoms. The lowest BCUT2D eigenvalue weighted by Gasteiger charge is -2.48. The van der Waals surface area contributed by atoms with E-state index in [4.69, 9.17) is 4.74 Å². The fourth-order valence-corrected chi connectivity index (χ4v) is 4.08. The first kappa shape index (κ1) is 21.0. The van der Waals surface area contributed by atoms with Crippen LogP contribution in [0.4, 0.5) is 0 Å². The van der Waals surface area contributed by atoms with Crippen LogP contribution >= 0.6 is 15.9 Å². The first-order chi connectivity index (χ1) is 10.5. The minimum atomic E-state index is -0.354. The largest absolute Gasteiger partial charge is 0.465 e. The number of ether oxygens (including phenoxy) is 1. The summed E-state index contributed by atoms with van der Waals surface area (Å²) in [5, 5.41) is 11.8. The summed E-state index contributed by atoms with van der Waals surface area (Å²) in [6.07, 6.45) is 3.03. The molecule has 0 bridgehead atoms. The van der Waals surface area contributed by atoms with E-state index in [2.05, 4.69) is 57.5 Å². The van der Waals surface area contributed by atoms with Gasteiger partial charge in [0.15, 0.2) is 0 Å². The van der Waals surface area contributed by atoms with Crippen molar-refractivity contribution in [3.05, 3.63) is 0 Å². The molecule has 2 atom stereocenters. The molecular formula is C19H35BrO3. The summed E-state index contributed by atoms with van der Waals surface area (Å²) >= 11 is 3.39. The lowest BCUT2D eigenvalue weighted by Crippen LogP contribution is -2.49. The Kier molecular flexibility index (Phi) is 7.59. The molecule has 0 spiro atoms. The molecular weight excluding hydrogens is 356 g/mol. The van der Waals surface area contributed by atoms with E-state index in [0.29, 0.717) is 6.61 Å². The maximum absolute atomic E-state index is 12.5. The number of aliphatic hydroxyl groups is 1. The highest BCUT2D eigenvalue weighted by Gasteiger charge is 2.47. The van der Waals surface area contributed by atoms with Crippen LogP contribution < -0.4 is 0 Å². The quantitative estimate of drug-likeness (QED) is 0.416. The van der Waals surface area contributed by atoms with Crippen LogP contribution in [0.15, 0.2) is 0 Å². The number of halogens is 1. The Morgan fingerprint density at radius 3 is 1.91 bits per heavy atom. The summed E-state index contributed by atoms with van der Waals surface area (Å²) in [6.45, 7) is 13.4. The van der Waals surface area contributed by atoms with Gasteiger partial charge in [-0.2, -0.15) is 0 Å². The molecule has 2 unspecified atom stereocenters. The number of esters is 1. The minimum Gasteiger partial charge on any atom is -0.465 e. The highest BCUT2D eigenvalue weighted by molar-refractivity contribution is 9.09. The molecule has 0 aromatic carbocycles. The van der Waals surface area contributed by atoms with Gasteiger partial charge in [0, 0.05) is 5.33 Å². The monoisotopic (exact) mass is 390 g/mol. The molecule has 3 nitrogen and oxygen atoms in total. The molecule has 0 aliphatic heterocycles. The van der Waals surface area contributed by atoms with Gasteiger partial charge in [-0.25, -0.2) is 0 Å². The van der Waals surface area contributed by atoms with Crippen molar-refractivity contribution in [2.75, 3.05) is 11.9 Å². The number of carbonyl (C=O) groups excluding carboxylic acids is 1. The van der Waals surface area contributed by atoms with Crippen LogP contribution in [-0.4, -0.2) is 29.1 Å². The molecule has 4 heteroatoms. The Morgan fingerprint density at radius 2 is 1.52 bits per heavy atom. The maximum Gasteiger partial charge on any atom is 0.308 e. The van der Waals surface area contributed by atoms with Gasteiger partial charge >= 0.3 is 5.97 Å². The second kappa shape index (κ2) is 8.33. The average molecular weight is 391 g/mol. The zero-order valence-corrected chi connectivity index (χ0v) is 17.3. The number of hydrogen-bond donors (Lipinski definition) is 1. The number of hydrogen-bond acceptors (Lipinski definition) is 3. The van der Waals surface area contributed by atoms with E-state index in [1.165, 1.54) is 0 Å². The molecule has 0 radical (unpaired) electrons. The number of carbonyl (C=O) groups is 1. The Hall–Kier alpha value is -0.0900. The molecule has 0 saturated heterocycles. The number of rotatable bonds is 5. The zero-order valence-electron chi connectivity index (χ0n) is 15.7. The molecule has 136 valence electrons. The van der Waals surface area contributed by atoms with Crippen LogP contribution in [0, 0.1) is 28.6 Å². The fourth-order valence-electron chi connectivity index (χ4n) is 3.68. The molecule has 1 N–H and O–H groups in total. The van der Waals surface area contributed by atoms with E-state index in [9.17, 15) is 9.90 Å². The molecule has 0 aromatic rings. The molecule has 1 aliphatic carbocycles.